The van der Waals surface area contributed by atoms with E-state index < -0.39 is 21.8 Å². The van der Waals surface area contributed by atoms with Crippen molar-refractivity contribution in [3.05, 3.63) is 81.7 Å². The molecule has 0 saturated carbocycles. The summed E-state index contributed by atoms with van der Waals surface area (Å²) < 4.78 is 28.2. The largest absolute Gasteiger partial charge is 0.365 e. The van der Waals surface area contributed by atoms with Crippen molar-refractivity contribution in [1.29, 1.82) is 0 Å². The second kappa shape index (κ2) is 11.1. The zero-order chi connectivity index (χ0) is 26.7. The van der Waals surface area contributed by atoms with Gasteiger partial charge in [0, 0.05) is 36.1 Å². The summed E-state index contributed by atoms with van der Waals surface area (Å²) in [5.41, 5.74) is 8.13. The van der Waals surface area contributed by atoms with Crippen LogP contribution in [0, 0.1) is 0 Å². The Morgan fingerprint density at radius 1 is 1.11 bits per heavy atom. The Morgan fingerprint density at radius 2 is 1.78 bits per heavy atom. The van der Waals surface area contributed by atoms with E-state index >= 15 is 0 Å². The maximum absolute atomic E-state index is 13.4. The topological polar surface area (TPSA) is 113 Å². The molecule has 1 aliphatic heterocycles. The van der Waals surface area contributed by atoms with E-state index in [0.29, 0.717) is 23.5 Å². The highest BCUT2D eigenvalue weighted by Crippen LogP contribution is 2.37. The SMILES string of the molecule is CCN1CCc2c(sc(NC(=O)c3ccc(S(=O)(=O)N(Cc4ccccc4)C(C)C)cc3)c2C(N)=O)C1. The molecule has 4 rings (SSSR count). The van der Waals surface area contributed by atoms with Crippen LogP contribution in [0.25, 0.3) is 0 Å². The maximum atomic E-state index is 13.4. The van der Waals surface area contributed by atoms with E-state index in [1.54, 1.807) is 0 Å². The molecule has 196 valence electrons. The van der Waals surface area contributed by atoms with Crippen LogP contribution in [0.15, 0.2) is 59.5 Å². The van der Waals surface area contributed by atoms with Gasteiger partial charge in [-0.3, -0.25) is 14.5 Å². The molecule has 2 amide bonds. The fraction of sp³-hybridized carbons (Fsp3) is 0.333. The van der Waals surface area contributed by atoms with Crippen LogP contribution in [-0.4, -0.2) is 48.6 Å². The van der Waals surface area contributed by atoms with Crippen LogP contribution in [0.3, 0.4) is 0 Å². The first kappa shape index (κ1) is 27.0. The molecule has 0 radical (unpaired) electrons. The molecule has 3 N–H and O–H groups in total. The molecule has 0 unspecified atom stereocenters. The molecule has 2 aromatic carbocycles. The molecule has 0 fully saturated rings. The Balaban J connectivity index is 1.55. The van der Waals surface area contributed by atoms with Crippen molar-refractivity contribution in [2.45, 2.75) is 51.2 Å². The van der Waals surface area contributed by atoms with Gasteiger partial charge in [-0.1, -0.05) is 37.3 Å². The summed E-state index contributed by atoms with van der Waals surface area (Å²) in [4.78, 5) is 28.7. The normalized spacial score (nSPS) is 14.1. The molecule has 2 heterocycles. The minimum absolute atomic E-state index is 0.109. The summed E-state index contributed by atoms with van der Waals surface area (Å²) in [7, 11) is -3.79. The lowest BCUT2D eigenvalue weighted by atomic mass is 10.0. The number of carbonyl (C=O) groups is 2. The van der Waals surface area contributed by atoms with E-state index in [9.17, 15) is 18.0 Å². The predicted molar refractivity (Wildman–Crippen MR) is 146 cm³/mol. The number of sulfonamides is 1. The van der Waals surface area contributed by atoms with Gasteiger partial charge in [0.05, 0.1) is 10.5 Å². The van der Waals surface area contributed by atoms with Crippen molar-refractivity contribution in [2.75, 3.05) is 18.4 Å². The molecule has 10 heteroatoms. The molecule has 8 nitrogen and oxygen atoms in total. The number of nitrogens with two attached hydrogens (primary N) is 1. The van der Waals surface area contributed by atoms with Gasteiger partial charge in [0.1, 0.15) is 5.00 Å². The summed E-state index contributed by atoms with van der Waals surface area (Å²) in [6.45, 7) is 8.45. The number of hydrogen-bond donors (Lipinski definition) is 2. The Bertz CT molecular complexity index is 1380. The van der Waals surface area contributed by atoms with Gasteiger partial charge in [0.15, 0.2) is 0 Å². The summed E-state index contributed by atoms with van der Waals surface area (Å²) >= 11 is 1.37. The highest BCUT2D eigenvalue weighted by atomic mass is 32.2. The van der Waals surface area contributed by atoms with E-state index in [4.69, 9.17) is 5.73 Å². The van der Waals surface area contributed by atoms with Crippen LogP contribution in [0.2, 0.25) is 0 Å². The van der Waals surface area contributed by atoms with E-state index in [1.165, 1.54) is 39.9 Å². The predicted octanol–water partition coefficient (Wildman–Crippen LogP) is 4.08. The number of nitrogens with one attached hydrogen (secondary N) is 1. The van der Waals surface area contributed by atoms with Crippen LogP contribution in [0.4, 0.5) is 5.00 Å². The maximum Gasteiger partial charge on any atom is 0.256 e. The molecule has 37 heavy (non-hydrogen) atoms. The minimum atomic E-state index is -3.79. The Hall–Kier alpha value is -3.05. The van der Waals surface area contributed by atoms with Crippen LogP contribution < -0.4 is 11.1 Å². The Kier molecular flexibility index (Phi) is 8.13. The number of anilines is 1. The van der Waals surface area contributed by atoms with E-state index in [1.807, 2.05) is 44.2 Å². The van der Waals surface area contributed by atoms with E-state index in [2.05, 4.69) is 17.1 Å². The highest BCUT2D eigenvalue weighted by Gasteiger charge is 2.29. The average molecular weight is 541 g/mol. The standard InChI is InChI=1S/C27H32N4O4S2/c1-4-30-15-14-22-23(17-30)36-27(24(22)25(28)32)29-26(33)20-10-12-21(13-11-20)37(34,35)31(18(2)3)16-19-8-6-5-7-9-19/h5-13,18H,4,14-17H2,1-3H3,(H2,28,32)(H,29,33). The molecule has 0 saturated heterocycles. The first-order valence-corrected chi connectivity index (χ1v) is 14.5. The van der Waals surface area contributed by atoms with Gasteiger partial charge in [-0.05, 0) is 62.2 Å². The average Bonchev–Trinajstić information content (AvgIpc) is 3.24. The van der Waals surface area contributed by atoms with Crippen molar-refractivity contribution in [3.8, 4) is 0 Å². The number of likely N-dealkylation sites (N-methyl/N-ethyl adjacent to an activating group) is 1. The second-order valence-electron chi connectivity index (χ2n) is 9.30. The van der Waals surface area contributed by atoms with E-state index in [0.717, 1.165) is 29.1 Å². The number of carbonyl (C=O) groups excluding carboxylic acids is 2. The highest BCUT2D eigenvalue weighted by molar-refractivity contribution is 7.89. The van der Waals surface area contributed by atoms with Gasteiger partial charge in [-0.15, -0.1) is 11.3 Å². The number of benzene rings is 2. The van der Waals surface area contributed by atoms with Gasteiger partial charge in [-0.2, -0.15) is 4.31 Å². The molecular weight excluding hydrogens is 508 g/mol. The molecule has 0 atom stereocenters. The van der Waals surface area contributed by atoms with Crippen LogP contribution in [0.1, 0.15) is 57.5 Å². The van der Waals surface area contributed by atoms with Crippen molar-refractivity contribution in [3.63, 3.8) is 0 Å². The quantitative estimate of drug-likeness (QED) is 0.425. The lowest BCUT2D eigenvalue weighted by Gasteiger charge is -2.26. The lowest BCUT2D eigenvalue weighted by molar-refractivity contribution is 0.1000. The number of hydrogen-bond acceptors (Lipinski definition) is 6. The van der Waals surface area contributed by atoms with Crippen molar-refractivity contribution >= 4 is 38.2 Å². The Labute approximate surface area is 222 Å². The zero-order valence-corrected chi connectivity index (χ0v) is 22.9. The molecule has 1 aromatic heterocycles. The lowest BCUT2D eigenvalue weighted by Crippen LogP contribution is -2.36. The number of rotatable bonds is 9. The number of fused-ring (bicyclic) bond motifs is 1. The van der Waals surface area contributed by atoms with Gasteiger partial charge >= 0.3 is 0 Å². The zero-order valence-electron chi connectivity index (χ0n) is 21.2. The number of nitrogens with zero attached hydrogens (tertiary/aromatic N) is 2. The summed E-state index contributed by atoms with van der Waals surface area (Å²) in [5.74, 6) is -0.992. The van der Waals surface area contributed by atoms with Crippen molar-refractivity contribution in [1.82, 2.24) is 9.21 Å². The Morgan fingerprint density at radius 3 is 2.38 bits per heavy atom. The second-order valence-corrected chi connectivity index (χ2v) is 12.3. The summed E-state index contributed by atoms with van der Waals surface area (Å²) in [6.07, 6.45) is 0.704. The first-order chi connectivity index (χ1) is 17.6. The number of primary amides is 1. The third-order valence-corrected chi connectivity index (χ3v) is 9.71. The molecule has 0 bridgehead atoms. The first-order valence-electron chi connectivity index (χ1n) is 12.3. The summed E-state index contributed by atoms with van der Waals surface area (Å²) in [5, 5.41) is 3.27. The molecule has 0 aliphatic carbocycles. The number of thiophene rings is 1. The molecule has 1 aliphatic rings. The van der Waals surface area contributed by atoms with Gasteiger partial charge in [0.25, 0.3) is 11.8 Å². The van der Waals surface area contributed by atoms with E-state index in [-0.39, 0.29) is 23.0 Å². The van der Waals surface area contributed by atoms with Crippen molar-refractivity contribution < 1.29 is 18.0 Å². The fourth-order valence-corrected chi connectivity index (χ4v) is 7.39. The third kappa shape index (κ3) is 5.77. The van der Waals surface area contributed by atoms with Crippen molar-refractivity contribution in [2.24, 2.45) is 5.73 Å². The summed E-state index contributed by atoms with van der Waals surface area (Å²) in [6, 6.07) is 15.0. The minimum Gasteiger partial charge on any atom is -0.365 e. The fourth-order valence-electron chi connectivity index (χ4n) is 4.47. The van der Waals surface area contributed by atoms with Gasteiger partial charge in [-0.25, -0.2) is 8.42 Å². The molecule has 3 aromatic rings. The monoisotopic (exact) mass is 540 g/mol. The third-order valence-electron chi connectivity index (χ3n) is 6.54. The number of amides is 2. The van der Waals surface area contributed by atoms with Crippen LogP contribution >= 0.6 is 11.3 Å². The van der Waals surface area contributed by atoms with Gasteiger partial charge < -0.3 is 11.1 Å². The molecule has 0 spiro atoms. The van der Waals surface area contributed by atoms with Crippen LogP contribution in [-0.2, 0) is 29.5 Å². The molecular formula is C27H32N4O4S2. The smallest absolute Gasteiger partial charge is 0.256 e. The van der Waals surface area contributed by atoms with Gasteiger partial charge in [0.2, 0.25) is 10.0 Å². The van der Waals surface area contributed by atoms with Crippen LogP contribution in [0.5, 0.6) is 0 Å².